The minimum absolute atomic E-state index is 0.189. The molecular formula is C36H49Cl2N3O6. The minimum Gasteiger partial charge on any atom is -0.493 e. The lowest BCUT2D eigenvalue weighted by atomic mass is 9.98. The van der Waals surface area contributed by atoms with Gasteiger partial charge in [0.05, 0.1) is 41.5 Å². The lowest BCUT2D eigenvalue weighted by Crippen LogP contribution is -2.48. The quantitative estimate of drug-likeness (QED) is 0.135. The zero-order chi connectivity index (χ0) is 34.0. The molecule has 1 aliphatic heterocycles. The molecule has 9 nitrogen and oxygen atoms in total. The Bertz CT molecular complexity index is 1450. The molecule has 0 saturated carbocycles. The molecule has 0 aromatic heterocycles. The van der Waals surface area contributed by atoms with Crippen LogP contribution < -0.4 is 19.5 Å². The van der Waals surface area contributed by atoms with Crippen LogP contribution >= 0.6 is 23.2 Å². The molecule has 4 rings (SSSR count). The van der Waals surface area contributed by atoms with Crippen molar-refractivity contribution in [3.05, 3.63) is 75.3 Å². The van der Waals surface area contributed by atoms with Gasteiger partial charge in [0.1, 0.15) is 30.5 Å². The Kier molecular flexibility index (Phi) is 14.0. The number of hydrogen-bond donors (Lipinski definition) is 4. The van der Waals surface area contributed by atoms with Gasteiger partial charge in [0, 0.05) is 55.5 Å². The number of rotatable bonds is 18. The van der Waals surface area contributed by atoms with E-state index in [0.29, 0.717) is 47.8 Å². The van der Waals surface area contributed by atoms with Crippen molar-refractivity contribution in [2.75, 3.05) is 66.7 Å². The molecule has 1 saturated heterocycles. The van der Waals surface area contributed by atoms with Gasteiger partial charge in [-0.1, -0.05) is 53.5 Å². The Morgan fingerprint density at radius 2 is 1.66 bits per heavy atom. The molecule has 47 heavy (non-hydrogen) atoms. The number of ether oxygens (including phenoxy) is 3. The van der Waals surface area contributed by atoms with Gasteiger partial charge in [-0.25, -0.2) is 0 Å². The molecule has 0 bridgehead atoms. The summed E-state index contributed by atoms with van der Waals surface area (Å²) < 4.78 is 18.5. The van der Waals surface area contributed by atoms with Crippen LogP contribution in [0, 0.1) is 6.92 Å². The highest BCUT2D eigenvalue weighted by molar-refractivity contribution is 6.34. The average molecular weight is 691 g/mol. The van der Waals surface area contributed by atoms with Gasteiger partial charge in [0.25, 0.3) is 0 Å². The predicted octanol–water partition coefficient (Wildman–Crippen LogP) is 5.16. The van der Waals surface area contributed by atoms with Crippen LogP contribution in [0.1, 0.15) is 36.5 Å². The van der Waals surface area contributed by atoms with Gasteiger partial charge < -0.3 is 44.6 Å². The topological polar surface area (TPSA) is 107 Å². The highest BCUT2D eigenvalue weighted by Crippen LogP contribution is 2.38. The van der Waals surface area contributed by atoms with E-state index in [2.05, 4.69) is 10.2 Å². The second kappa shape index (κ2) is 17.7. The molecule has 1 aliphatic rings. The number of aliphatic hydroxyl groups excluding tert-OH is 3. The van der Waals surface area contributed by atoms with Crippen LogP contribution in [0.4, 0.5) is 0 Å². The van der Waals surface area contributed by atoms with Crippen LogP contribution in [0.15, 0.2) is 48.5 Å². The first-order valence-electron chi connectivity index (χ1n) is 16.1. The Labute approximate surface area is 289 Å². The monoisotopic (exact) mass is 689 g/mol. The molecule has 1 unspecified atom stereocenters. The average Bonchev–Trinajstić information content (AvgIpc) is 3.48. The third-order valence-electron chi connectivity index (χ3n) is 8.47. The van der Waals surface area contributed by atoms with Crippen LogP contribution in [-0.4, -0.2) is 103 Å². The van der Waals surface area contributed by atoms with E-state index >= 15 is 0 Å². The number of β-amino-alcohol motifs (C(OH)–C–C–N with tert-alkyl or cyclic N) is 1. The summed E-state index contributed by atoms with van der Waals surface area (Å²) in [5, 5.41) is 33.4. The first-order chi connectivity index (χ1) is 22.5. The fraction of sp³-hybridized carbons (Fsp3) is 0.500. The number of nitrogens with one attached hydrogen (secondary N) is 1. The standard InChI is InChI=1S/C36H49Cl2N3O6/c1-25-29(9-6-11-32(25)45-16-7-13-41-14-12-28(44)21-41)30-10-5-8-26(35(30)38)22-47-34-19-33(46-17-15-40(3)4)27(18-31(34)37)20-39-36(2,23-42)24-43/h5-6,8-11,18-19,28,39,42-44H,7,12-17,20-24H2,1-4H3. The van der Waals surface area contributed by atoms with Crippen molar-refractivity contribution >= 4 is 23.2 Å². The summed E-state index contributed by atoms with van der Waals surface area (Å²) in [6, 6.07) is 15.4. The number of likely N-dealkylation sites (tertiary alicyclic amines) is 1. The highest BCUT2D eigenvalue weighted by atomic mass is 35.5. The number of halogens is 2. The van der Waals surface area contributed by atoms with Gasteiger partial charge in [-0.05, 0) is 64.0 Å². The van der Waals surface area contributed by atoms with Gasteiger partial charge in [-0.15, -0.1) is 0 Å². The van der Waals surface area contributed by atoms with E-state index in [9.17, 15) is 15.3 Å². The summed E-state index contributed by atoms with van der Waals surface area (Å²) in [6.07, 6.45) is 1.52. The number of benzene rings is 3. The lowest BCUT2D eigenvalue weighted by Gasteiger charge is -2.27. The van der Waals surface area contributed by atoms with E-state index in [1.807, 2.05) is 62.3 Å². The van der Waals surface area contributed by atoms with Crippen molar-refractivity contribution in [3.8, 4) is 28.4 Å². The Morgan fingerprint density at radius 3 is 2.36 bits per heavy atom. The van der Waals surface area contributed by atoms with E-state index in [-0.39, 0.29) is 25.9 Å². The highest BCUT2D eigenvalue weighted by Gasteiger charge is 2.23. The van der Waals surface area contributed by atoms with Crippen molar-refractivity contribution in [3.63, 3.8) is 0 Å². The van der Waals surface area contributed by atoms with Gasteiger partial charge in [-0.2, -0.15) is 0 Å². The second-order valence-electron chi connectivity index (χ2n) is 12.7. The van der Waals surface area contributed by atoms with Gasteiger partial charge in [-0.3, -0.25) is 0 Å². The summed E-state index contributed by atoms with van der Waals surface area (Å²) in [4.78, 5) is 4.30. The predicted molar refractivity (Wildman–Crippen MR) is 188 cm³/mol. The molecule has 1 heterocycles. The smallest absolute Gasteiger partial charge is 0.142 e. The molecule has 4 N–H and O–H groups in total. The molecule has 0 radical (unpaired) electrons. The van der Waals surface area contributed by atoms with Crippen molar-refractivity contribution in [1.82, 2.24) is 15.1 Å². The minimum atomic E-state index is -0.854. The maximum Gasteiger partial charge on any atom is 0.142 e. The van der Waals surface area contributed by atoms with Crippen LogP contribution in [0.3, 0.4) is 0 Å². The number of nitrogens with zero attached hydrogens (tertiary/aromatic N) is 2. The Balaban J connectivity index is 1.46. The number of hydrogen-bond acceptors (Lipinski definition) is 9. The number of aliphatic hydroxyl groups is 3. The van der Waals surface area contributed by atoms with Gasteiger partial charge in [0.2, 0.25) is 0 Å². The van der Waals surface area contributed by atoms with E-state index in [0.717, 1.165) is 66.0 Å². The molecule has 0 aliphatic carbocycles. The Morgan fingerprint density at radius 1 is 0.936 bits per heavy atom. The Hall–Kier alpha value is -2.60. The normalized spacial score (nSPS) is 15.4. The first kappa shape index (κ1) is 37.2. The summed E-state index contributed by atoms with van der Waals surface area (Å²) in [6.45, 7) is 8.20. The molecule has 3 aromatic rings. The van der Waals surface area contributed by atoms with Crippen LogP contribution in [0.2, 0.25) is 10.0 Å². The van der Waals surface area contributed by atoms with Crippen LogP contribution in [-0.2, 0) is 13.2 Å². The molecule has 1 atom stereocenters. The molecule has 0 amide bonds. The maximum absolute atomic E-state index is 9.76. The van der Waals surface area contributed by atoms with E-state index in [4.69, 9.17) is 37.4 Å². The molecule has 3 aromatic carbocycles. The summed E-state index contributed by atoms with van der Waals surface area (Å²) in [5.74, 6) is 1.88. The molecule has 258 valence electrons. The van der Waals surface area contributed by atoms with Crippen molar-refractivity contribution in [2.24, 2.45) is 0 Å². The summed E-state index contributed by atoms with van der Waals surface area (Å²) in [7, 11) is 3.95. The van der Waals surface area contributed by atoms with Crippen molar-refractivity contribution in [1.29, 1.82) is 0 Å². The third kappa shape index (κ3) is 10.4. The fourth-order valence-electron chi connectivity index (χ4n) is 5.37. The first-order valence-corrected chi connectivity index (χ1v) is 16.9. The van der Waals surface area contributed by atoms with E-state index in [1.165, 1.54) is 0 Å². The SMILES string of the molecule is Cc1c(OCCCN2CCC(O)C2)cccc1-c1cccc(COc2cc(OCCN(C)C)c(CNC(C)(CO)CO)cc2Cl)c1Cl. The lowest BCUT2D eigenvalue weighted by molar-refractivity contribution is 0.103. The molecule has 11 heteroatoms. The van der Waals surface area contributed by atoms with E-state index in [1.54, 1.807) is 19.1 Å². The zero-order valence-corrected chi connectivity index (χ0v) is 29.4. The second-order valence-corrected chi connectivity index (χ2v) is 13.5. The summed E-state index contributed by atoms with van der Waals surface area (Å²) >= 11 is 13.7. The molecular weight excluding hydrogens is 641 g/mol. The fourth-order valence-corrected chi connectivity index (χ4v) is 5.89. The zero-order valence-electron chi connectivity index (χ0n) is 27.9. The van der Waals surface area contributed by atoms with Crippen molar-refractivity contribution in [2.45, 2.75) is 51.5 Å². The maximum atomic E-state index is 9.76. The van der Waals surface area contributed by atoms with Gasteiger partial charge >= 0.3 is 0 Å². The van der Waals surface area contributed by atoms with Crippen LogP contribution in [0.25, 0.3) is 11.1 Å². The van der Waals surface area contributed by atoms with Gasteiger partial charge in [0.15, 0.2) is 0 Å². The molecule has 0 spiro atoms. The number of likely N-dealkylation sites (N-methyl/N-ethyl adjacent to an activating group) is 1. The third-order valence-corrected chi connectivity index (χ3v) is 9.22. The summed E-state index contributed by atoms with van der Waals surface area (Å²) in [5.41, 5.74) is 3.61. The largest absolute Gasteiger partial charge is 0.493 e. The molecule has 1 fully saturated rings. The van der Waals surface area contributed by atoms with Crippen molar-refractivity contribution < 1.29 is 29.5 Å². The van der Waals surface area contributed by atoms with Crippen LogP contribution in [0.5, 0.6) is 17.2 Å². The van der Waals surface area contributed by atoms with E-state index < -0.39 is 5.54 Å².